The van der Waals surface area contributed by atoms with Gasteiger partial charge in [0.05, 0.1) is 13.0 Å². The van der Waals surface area contributed by atoms with E-state index in [0.717, 1.165) is 12.8 Å². The highest BCUT2D eigenvalue weighted by Gasteiger charge is 2.33. The molecule has 19 heavy (non-hydrogen) atoms. The van der Waals surface area contributed by atoms with Crippen LogP contribution < -0.4 is 0 Å². The van der Waals surface area contributed by atoms with Crippen LogP contribution in [0.25, 0.3) is 10.9 Å². The van der Waals surface area contributed by atoms with Gasteiger partial charge in [0.1, 0.15) is 0 Å². The first kappa shape index (κ1) is 12.3. The van der Waals surface area contributed by atoms with Crippen LogP contribution in [0.2, 0.25) is 0 Å². The van der Waals surface area contributed by atoms with Crippen molar-refractivity contribution in [1.82, 2.24) is 4.57 Å². The van der Waals surface area contributed by atoms with Crippen molar-refractivity contribution in [2.45, 2.75) is 25.7 Å². The lowest BCUT2D eigenvalue weighted by atomic mass is 9.80. The summed E-state index contributed by atoms with van der Waals surface area (Å²) in [4.78, 5) is 11.8. The van der Waals surface area contributed by atoms with E-state index in [1.807, 2.05) is 0 Å². The SMILES string of the molecule is COC(=O)[C@H]1Cc2c(c3ccccc3n2C)[C@H](C)C1. The van der Waals surface area contributed by atoms with Gasteiger partial charge in [0, 0.05) is 30.1 Å². The summed E-state index contributed by atoms with van der Waals surface area (Å²) < 4.78 is 7.15. The van der Waals surface area contributed by atoms with E-state index in [0.29, 0.717) is 5.92 Å². The van der Waals surface area contributed by atoms with Gasteiger partial charge in [-0.1, -0.05) is 25.1 Å². The van der Waals surface area contributed by atoms with Crippen molar-refractivity contribution in [3.63, 3.8) is 0 Å². The van der Waals surface area contributed by atoms with Crippen molar-refractivity contribution >= 4 is 16.9 Å². The van der Waals surface area contributed by atoms with Crippen LogP contribution in [0.3, 0.4) is 0 Å². The predicted octanol–water partition coefficient (Wildman–Crippen LogP) is 3.02. The summed E-state index contributed by atoms with van der Waals surface area (Å²) in [7, 11) is 3.57. The molecule has 100 valence electrons. The fraction of sp³-hybridized carbons (Fsp3) is 0.438. The van der Waals surface area contributed by atoms with E-state index >= 15 is 0 Å². The Morgan fingerprint density at radius 3 is 2.84 bits per heavy atom. The molecule has 0 saturated heterocycles. The molecule has 0 bridgehead atoms. The number of methoxy groups -OCH3 is 1. The molecule has 0 fully saturated rings. The summed E-state index contributed by atoms with van der Waals surface area (Å²) in [6.45, 7) is 2.21. The number of carbonyl (C=O) groups excluding carboxylic acids is 1. The number of para-hydroxylation sites is 1. The minimum Gasteiger partial charge on any atom is -0.469 e. The van der Waals surface area contributed by atoms with Crippen molar-refractivity contribution in [2.75, 3.05) is 7.11 Å². The van der Waals surface area contributed by atoms with E-state index in [1.165, 1.54) is 29.3 Å². The largest absolute Gasteiger partial charge is 0.469 e. The second-order valence-corrected chi connectivity index (χ2v) is 5.50. The van der Waals surface area contributed by atoms with Crippen molar-refractivity contribution in [3.05, 3.63) is 35.5 Å². The minimum atomic E-state index is -0.0808. The summed E-state index contributed by atoms with van der Waals surface area (Å²) in [5, 5.41) is 1.33. The Bertz CT molecular complexity index is 641. The molecule has 0 aliphatic heterocycles. The van der Waals surface area contributed by atoms with E-state index in [4.69, 9.17) is 4.74 Å². The lowest BCUT2D eigenvalue weighted by Crippen LogP contribution is -2.26. The Hall–Kier alpha value is -1.77. The fourth-order valence-electron chi connectivity index (χ4n) is 3.48. The van der Waals surface area contributed by atoms with Gasteiger partial charge in [0.25, 0.3) is 0 Å². The molecule has 2 atom stereocenters. The van der Waals surface area contributed by atoms with Crippen LogP contribution in [0, 0.1) is 5.92 Å². The lowest BCUT2D eigenvalue weighted by Gasteiger charge is -2.26. The standard InChI is InChI=1S/C16H19NO2/c1-10-8-11(16(18)19-3)9-14-15(10)12-6-4-5-7-13(12)17(14)2/h4-7,10-11H,8-9H2,1-3H3/t10-,11-/m1/s1. The first-order valence-corrected chi connectivity index (χ1v) is 6.77. The predicted molar refractivity (Wildman–Crippen MR) is 75.2 cm³/mol. The third kappa shape index (κ3) is 1.76. The van der Waals surface area contributed by atoms with E-state index in [2.05, 4.69) is 42.8 Å². The molecule has 2 aromatic rings. The number of aromatic nitrogens is 1. The summed E-state index contributed by atoms with van der Waals surface area (Å²) in [5.41, 5.74) is 3.96. The zero-order chi connectivity index (χ0) is 13.6. The van der Waals surface area contributed by atoms with Gasteiger partial charge < -0.3 is 9.30 Å². The van der Waals surface area contributed by atoms with Gasteiger partial charge in [-0.3, -0.25) is 4.79 Å². The van der Waals surface area contributed by atoms with Crippen LogP contribution in [0.5, 0.6) is 0 Å². The zero-order valence-electron chi connectivity index (χ0n) is 11.6. The molecule has 0 radical (unpaired) electrons. The maximum Gasteiger partial charge on any atom is 0.309 e. The molecule has 0 saturated carbocycles. The van der Waals surface area contributed by atoms with Gasteiger partial charge in [0.2, 0.25) is 0 Å². The average Bonchev–Trinajstić information content (AvgIpc) is 2.72. The maximum atomic E-state index is 11.8. The lowest BCUT2D eigenvalue weighted by molar-refractivity contribution is -0.146. The molecule has 1 aromatic heterocycles. The molecular weight excluding hydrogens is 238 g/mol. The fourth-order valence-corrected chi connectivity index (χ4v) is 3.48. The van der Waals surface area contributed by atoms with Crippen molar-refractivity contribution in [1.29, 1.82) is 0 Å². The van der Waals surface area contributed by atoms with E-state index in [1.54, 1.807) is 0 Å². The maximum absolute atomic E-state index is 11.8. The number of esters is 1. The van der Waals surface area contributed by atoms with Gasteiger partial charge >= 0.3 is 5.97 Å². The molecule has 3 rings (SSSR count). The Balaban J connectivity index is 2.15. The van der Waals surface area contributed by atoms with Crippen LogP contribution in [-0.4, -0.2) is 17.6 Å². The van der Waals surface area contributed by atoms with Gasteiger partial charge in [-0.15, -0.1) is 0 Å². The molecule has 1 aliphatic carbocycles. The Labute approximate surface area is 113 Å². The van der Waals surface area contributed by atoms with E-state index in [9.17, 15) is 4.79 Å². The summed E-state index contributed by atoms with van der Waals surface area (Å²) in [5.74, 6) is 0.317. The summed E-state index contributed by atoms with van der Waals surface area (Å²) in [6, 6.07) is 8.48. The highest BCUT2D eigenvalue weighted by Crippen LogP contribution is 2.40. The van der Waals surface area contributed by atoms with Gasteiger partial charge in [-0.25, -0.2) is 0 Å². The first-order valence-electron chi connectivity index (χ1n) is 6.77. The number of nitrogens with zero attached hydrogens (tertiary/aromatic N) is 1. The molecule has 0 unspecified atom stereocenters. The highest BCUT2D eigenvalue weighted by molar-refractivity contribution is 5.87. The third-order valence-corrected chi connectivity index (χ3v) is 4.38. The Morgan fingerprint density at radius 2 is 2.11 bits per heavy atom. The summed E-state index contributed by atoms with van der Waals surface area (Å²) >= 11 is 0. The van der Waals surface area contributed by atoms with Crippen molar-refractivity contribution in [3.8, 4) is 0 Å². The van der Waals surface area contributed by atoms with Crippen LogP contribution >= 0.6 is 0 Å². The van der Waals surface area contributed by atoms with Crippen molar-refractivity contribution < 1.29 is 9.53 Å². The minimum absolute atomic E-state index is 0.00416. The van der Waals surface area contributed by atoms with E-state index < -0.39 is 0 Å². The molecule has 0 spiro atoms. The van der Waals surface area contributed by atoms with Gasteiger partial charge in [0.15, 0.2) is 0 Å². The smallest absolute Gasteiger partial charge is 0.309 e. The molecule has 1 aromatic carbocycles. The number of rotatable bonds is 1. The second-order valence-electron chi connectivity index (χ2n) is 5.50. The van der Waals surface area contributed by atoms with E-state index in [-0.39, 0.29) is 11.9 Å². The third-order valence-electron chi connectivity index (χ3n) is 4.38. The summed E-state index contributed by atoms with van der Waals surface area (Å²) in [6.07, 6.45) is 1.67. The normalized spacial score (nSPS) is 22.3. The Kier molecular flexibility index (Phi) is 2.85. The number of fused-ring (bicyclic) bond motifs is 3. The van der Waals surface area contributed by atoms with Crippen molar-refractivity contribution in [2.24, 2.45) is 13.0 Å². The number of carbonyl (C=O) groups is 1. The van der Waals surface area contributed by atoms with Crippen LogP contribution in [0.4, 0.5) is 0 Å². The molecule has 1 aliphatic rings. The van der Waals surface area contributed by atoms with Gasteiger partial charge in [-0.2, -0.15) is 0 Å². The monoisotopic (exact) mass is 257 g/mol. The number of hydrogen-bond donors (Lipinski definition) is 0. The molecular formula is C16H19NO2. The molecule has 3 nitrogen and oxygen atoms in total. The molecule has 1 heterocycles. The number of aryl methyl sites for hydroxylation is 1. The second kappa shape index (κ2) is 4.41. The number of benzene rings is 1. The van der Waals surface area contributed by atoms with Crippen LogP contribution in [0.1, 0.15) is 30.5 Å². The Morgan fingerprint density at radius 1 is 1.37 bits per heavy atom. The topological polar surface area (TPSA) is 31.2 Å². The number of hydrogen-bond acceptors (Lipinski definition) is 2. The quantitative estimate of drug-likeness (QED) is 0.735. The zero-order valence-corrected chi connectivity index (χ0v) is 11.6. The first-order chi connectivity index (χ1) is 9.13. The van der Waals surface area contributed by atoms with Gasteiger partial charge in [-0.05, 0) is 24.0 Å². The average molecular weight is 257 g/mol. The molecule has 0 amide bonds. The number of ether oxygens (including phenoxy) is 1. The van der Waals surface area contributed by atoms with Crippen LogP contribution in [-0.2, 0) is 23.0 Å². The van der Waals surface area contributed by atoms with Crippen LogP contribution in [0.15, 0.2) is 24.3 Å². The highest BCUT2D eigenvalue weighted by atomic mass is 16.5. The molecule has 3 heteroatoms. The molecule has 0 N–H and O–H groups in total.